The molecule has 2 aromatic carbocycles. The van der Waals surface area contributed by atoms with Crippen molar-refractivity contribution in [2.24, 2.45) is 0 Å². The predicted molar refractivity (Wildman–Crippen MR) is 125 cm³/mol. The van der Waals surface area contributed by atoms with E-state index in [1.54, 1.807) is 19.1 Å². The van der Waals surface area contributed by atoms with Crippen molar-refractivity contribution >= 4 is 29.1 Å². The molecule has 1 saturated carbocycles. The smallest absolute Gasteiger partial charge is 0.291 e. The van der Waals surface area contributed by atoms with Crippen molar-refractivity contribution in [3.63, 3.8) is 0 Å². The van der Waals surface area contributed by atoms with Gasteiger partial charge in [0.2, 0.25) is 0 Å². The lowest BCUT2D eigenvalue weighted by molar-refractivity contribution is -0.00241. The summed E-state index contributed by atoms with van der Waals surface area (Å²) in [7, 11) is 0. The molecule has 0 radical (unpaired) electrons. The summed E-state index contributed by atoms with van der Waals surface area (Å²) in [5.74, 6) is -4.85. The van der Waals surface area contributed by atoms with E-state index in [1.165, 1.54) is 37.4 Å². The van der Waals surface area contributed by atoms with Gasteiger partial charge in [0, 0.05) is 11.1 Å². The fraction of sp³-hybridized carbons (Fsp3) is 0.280. The standard InChI is InChI=1S/C25H21Cl2F3N2O2/c1-13-6-9-17(18(26)10-13)25(29,30)12-32-24(33)21-14(2)23(27)31-11-20(21)34-19-5-3-4-16(22(19)28)15-7-8-15/h3-6,9-11,15H,7-8,12H2,1-2H3,(H,32,33). The van der Waals surface area contributed by atoms with E-state index in [0.29, 0.717) is 5.56 Å². The number of hydrogen-bond acceptors (Lipinski definition) is 3. The highest BCUT2D eigenvalue weighted by atomic mass is 35.5. The summed E-state index contributed by atoms with van der Waals surface area (Å²) in [6.07, 6.45) is 2.96. The molecule has 0 bridgehead atoms. The molecule has 4 rings (SSSR count). The van der Waals surface area contributed by atoms with Crippen molar-refractivity contribution < 1.29 is 22.7 Å². The maximum atomic E-state index is 14.9. The Hall–Kier alpha value is -2.77. The summed E-state index contributed by atoms with van der Waals surface area (Å²) in [6, 6.07) is 8.95. The summed E-state index contributed by atoms with van der Waals surface area (Å²) in [5.41, 5.74) is 0.973. The second-order valence-electron chi connectivity index (χ2n) is 8.32. The number of rotatable bonds is 7. The minimum absolute atomic E-state index is 0.00181. The van der Waals surface area contributed by atoms with Crippen LogP contribution < -0.4 is 10.1 Å². The van der Waals surface area contributed by atoms with E-state index >= 15 is 0 Å². The van der Waals surface area contributed by atoms with Crippen LogP contribution in [0, 0.1) is 19.7 Å². The van der Waals surface area contributed by atoms with Gasteiger partial charge in [-0.1, -0.05) is 47.5 Å². The molecule has 1 aromatic heterocycles. The Labute approximate surface area is 205 Å². The van der Waals surface area contributed by atoms with Crippen molar-refractivity contribution in [1.29, 1.82) is 0 Å². The number of aryl methyl sites for hydroxylation is 1. The van der Waals surface area contributed by atoms with Gasteiger partial charge in [0.15, 0.2) is 17.3 Å². The first-order chi connectivity index (χ1) is 16.1. The molecule has 1 amide bonds. The van der Waals surface area contributed by atoms with Gasteiger partial charge in [-0.15, -0.1) is 0 Å². The molecule has 1 aliphatic carbocycles. The number of carbonyl (C=O) groups excluding carboxylic acids is 1. The molecule has 1 fully saturated rings. The van der Waals surface area contributed by atoms with E-state index in [0.717, 1.165) is 18.4 Å². The fourth-order valence-corrected chi connectivity index (χ4v) is 4.17. The highest BCUT2D eigenvalue weighted by molar-refractivity contribution is 6.31. The minimum atomic E-state index is -3.43. The van der Waals surface area contributed by atoms with Gasteiger partial charge in [0.05, 0.1) is 23.3 Å². The number of nitrogens with zero attached hydrogens (tertiary/aromatic N) is 1. The number of ether oxygens (including phenoxy) is 1. The Kier molecular flexibility index (Phi) is 6.78. The van der Waals surface area contributed by atoms with Crippen LogP contribution in [0.3, 0.4) is 0 Å². The van der Waals surface area contributed by atoms with E-state index < -0.39 is 29.8 Å². The van der Waals surface area contributed by atoms with Crippen LogP contribution in [0.15, 0.2) is 42.6 Å². The summed E-state index contributed by atoms with van der Waals surface area (Å²) in [5, 5.41) is 2.12. The maximum Gasteiger partial charge on any atom is 0.291 e. The second kappa shape index (κ2) is 9.47. The van der Waals surface area contributed by atoms with Crippen molar-refractivity contribution in [3.8, 4) is 11.5 Å². The molecule has 178 valence electrons. The number of halogens is 5. The van der Waals surface area contributed by atoms with E-state index in [1.807, 2.05) is 0 Å². The van der Waals surface area contributed by atoms with Crippen molar-refractivity contribution in [3.05, 3.63) is 86.4 Å². The Morgan fingerprint density at radius 2 is 1.91 bits per heavy atom. The second-order valence-corrected chi connectivity index (χ2v) is 9.08. The highest BCUT2D eigenvalue weighted by Gasteiger charge is 2.35. The molecular formula is C25H21Cl2F3N2O2. The van der Waals surface area contributed by atoms with Gasteiger partial charge >= 0.3 is 0 Å². The van der Waals surface area contributed by atoms with Crippen LogP contribution in [-0.2, 0) is 5.92 Å². The van der Waals surface area contributed by atoms with Crippen LogP contribution in [0.25, 0.3) is 0 Å². The topological polar surface area (TPSA) is 51.2 Å². The third kappa shape index (κ3) is 5.00. The van der Waals surface area contributed by atoms with Crippen LogP contribution in [0.1, 0.15) is 51.4 Å². The SMILES string of the molecule is Cc1ccc(C(F)(F)CNC(=O)c2c(Oc3cccc(C4CC4)c3F)cnc(Cl)c2C)c(Cl)c1. The predicted octanol–water partition coefficient (Wildman–Crippen LogP) is 7.34. The van der Waals surface area contributed by atoms with E-state index in [9.17, 15) is 18.0 Å². The Morgan fingerprint density at radius 1 is 1.18 bits per heavy atom. The van der Waals surface area contributed by atoms with Crippen molar-refractivity contribution in [2.75, 3.05) is 6.54 Å². The number of benzene rings is 2. The molecule has 0 atom stereocenters. The molecule has 4 nitrogen and oxygen atoms in total. The zero-order chi connectivity index (χ0) is 24.6. The number of carbonyl (C=O) groups is 1. The Morgan fingerprint density at radius 3 is 2.59 bits per heavy atom. The van der Waals surface area contributed by atoms with E-state index in [4.69, 9.17) is 27.9 Å². The number of aromatic nitrogens is 1. The molecule has 0 saturated heterocycles. The van der Waals surface area contributed by atoms with Gasteiger partial charge in [-0.25, -0.2) is 9.37 Å². The first kappa shape index (κ1) is 24.4. The van der Waals surface area contributed by atoms with E-state index in [-0.39, 0.29) is 38.7 Å². The van der Waals surface area contributed by atoms with E-state index in [2.05, 4.69) is 10.3 Å². The molecule has 1 N–H and O–H groups in total. The first-order valence-corrected chi connectivity index (χ1v) is 11.4. The number of hydrogen-bond donors (Lipinski definition) is 1. The molecule has 0 spiro atoms. The zero-order valence-electron chi connectivity index (χ0n) is 18.4. The Bertz CT molecular complexity index is 1260. The molecule has 1 aliphatic rings. The van der Waals surface area contributed by atoms with Crippen LogP contribution >= 0.6 is 23.2 Å². The van der Waals surface area contributed by atoms with Gasteiger partial charge in [0.25, 0.3) is 11.8 Å². The average Bonchev–Trinajstić information content (AvgIpc) is 3.61. The normalized spacial score (nSPS) is 13.6. The van der Waals surface area contributed by atoms with Crippen molar-refractivity contribution in [1.82, 2.24) is 10.3 Å². The molecule has 3 aromatic rings. The summed E-state index contributed by atoms with van der Waals surface area (Å²) >= 11 is 12.1. The molecule has 0 aliphatic heterocycles. The van der Waals surface area contributed by atoms with Gasteiger partial charge in [0.1, 0.15) is 5.15 Å². The Balaban J connectivity index is 1.59. The number of nitrogens with one attached hydrogen (secondary N) is 1. The molecule has 1 heterocycles. The summed E-state index contributed by atoms with van der Waals surface area (Å²) in [6.45, 7) is 2.22. The number of alkyl halides is 2. The van der Waals surface area contributed by atoms with Gasteiger partial charge in [-0.3, -0.25) is 4.79 Å². The van der Waals surface area contributed by atoms with Crippen LogP contribution in [0.2, 0.25) is 10.2 Å². The maximum absolute atomic E-state index is 14.9. The van der Waals surface area contributed by atoms with Crippen LogP contribution in [-0.4, -0.2) is 17.4 Å². The largest absolute Gasteiger partial charge is 0.452 e. The van der Waals surface area contributed by atoms with Crippen LogP contribution in [0.5, 0.6) is 11.5 Å². The minimum Gasteiger partial charge on any atom is -0.452 e. The number of pyridine rings is 1. The van der Waals surface area contributed by atoms with Gasteiger partial charge in [-0.05, 0) is 55.9 Å². The average molecular weight is 509 g/mol. The molecule has 34 heavy (non-hydrogen) atoms. The highest BCUT2D eigenvalue weighted by Crippen LogP contribution is 2.43. The molecular weight excluding hydrogens is 488 g/mol. The summed E-state index contributed by atoms with van der Waals surface area (Å²) < 4.78 is 50.3. The molecule has 9 heteroatoms. The third-order valence-electron chi connectivity index (χ3n) is 5.67. The monoisotopic (exact) mass is 508 g/mol. The number of amides is 1. The lowest BCUT2D eigenvalue weighted by Gasteiger charge is -2.20. The van der Waals surface area contributed by atoms with Gasteiger partial charge in [-0.2, -0.15) is 8.78 Å². The fourth-order valence-electron chi connectivity index (χ4n) is 3.65. The van der Waals surface area contributed by atoms with Crippen LogP contribution in [0.4, 0.5) is 13.2 Å². The lowest BCUT2D eigenvalue weighted by Crippen LogP contribution is -2.35. The van der Waals surface area contributed by atoms with Crippen molar-refractivity contribution in [2.45, 2.75) is 38.5 Å². The lowest BCUT2D eigenvalue weighted by atomic mass is 10.1. The third-order valence-corrected chi connectivity index (χ3v) is 6.37. The summed E-state index contributed by atoms with van der Waals surface area (Å²) in [4.78, 5) is 16.9. The zero-order valence-corrected chi connectivity index (χ0v) is 19.9. The molecule has 0 unspecified atom stereocenters. The van der Waals surface area contributed by atoms with Gasteiger partial charge < -0.3 is 10.1 Å². The first-order valence-electron chi connectivity index (χ1n) is 10.6. The quantitative estimate of drug-likeness (QED) is 0.339.